The van der Waals surface area contributed by atoms with E-state index in [9.17, 15) is 4.79 Å². The molecular weight excluding hydrogens is 428 g/mol. The van der Waals surface area contributed by atoms with Gasteiger partial charge >= 0.3 is 0 Å². The number of halogens is 3. The molecule has 0 bridgehead atoms. The Bertz CT molecular complexity index is 587. The maximum Gasteiger partial charge on any atom is 0.272 e. The van der Waals surface area contributed by atoms with Crippen molar-refractivity contribution in [1.29, 1.82) is 0 Å². The Morgan fingerprint density at radius 1 is 1.22 bits per heavy atom. The lowest BCUT2D eigenvalue weighted by atomic mass is 10.3. The van der Waals surface area contributed by atoms with E-state index in [2.05, 4.69) is 53.1 Å². The summed E-state index contributed by atoms with van der Waals surface area (Å²) in [6, 6.07) is 7.42. The molecule has 6 heteroatoms. The summed E-state index contributed by atoms with van der Waals surface area (Å²) in [5.74, 6) is -0.157. The van der Waals surface area contributed by atoms with Crippen molar-refractivity contribution in [1.82, 2.24) is 4.57 Å². The fourth-order valence-corrected chi connectivity index (χ4v) is 3.27. The zero-order chi connectivity index (χ0) is 13.3. The predicted molar refractivity (Wildman–Crippen MR) is 82.9 cm³/mol. The number of nitrogens with one attached hydrogen (secondary N) is 1. The van der Waals surface area contributed by atoms with Gasteiger partial charge in [-0.2, -0.15) is 0 Å². The largest absolute Gasteiger partial charge is 0.345 e. The zero-order valence-corrected chi connectivity index (χ0v) is 14.1. The highest BCUT2D eigenvalue weighted by Crippen LogP contribution is 2.31. The average molecular weight is 437 g/mol. The number of hydrogen-bond donors (Lipinski definition) is 1. The fraction of sp³-hybridized carbons (Fsp3) is 0.0833. The number of aromatic nitrogens is 1. The van der Waals surface area contributed by atoms with E-state index in [4.69, 9.17) is 0 Å². The molecule has 1 aromatic heterocycles. The van der Waals surface area contributed by atoms with Crippen molar-refractivity contribution in [2.45, 2.75) is 0 Å². The first kappa shape index (κ1) is 13.8. The number of para-hydroxylation sites is 1. The van der Waals surface area contributed by atoms with Crippen molar-refractivity contribution in [3.8, 4) is 0 Å². The van der Waals surface area contributed by atoms with Crippen molar-refractivity contribution in [2.75, 3.05) is 5.32 Å². The predicted octanol–water partition coefficient (Wildman–Crippen LogP) is 4.56. The van der Waals surface area contributed by atoms with Crippen LogP contribution in [0, 0.1) is 0 Å². The van der Waals surface area contributed by atoms with E-state index >= 15 is 0 Å². The molecule has 0 unspecified atom stereocenters. The molecule has 1 amide bonds. The third kappa shape index (κ3) is 2.87. The fourth-order valence-electron chi connectivity index (χ4n) is 1.54. The second-order valence-corrected chi connectivity index (χ2v) is 6.33. The molecule has 2 aromatic rings. The van der Waals surface area contributed by atoms with Crippen LogP contribution < -0.4 is 5.32 Å². The molecule has 0 atom stereocenters. The van der Waals surface area contributed by atoms with Crippen molar-refractivity contribution >= 4 is 59.4 Å². The minimum Gasteiger partial charge on any atom is -0.345 e. The van der Waals surface area contributed by atoms with Gasteiger partial charge in [0.25, 0.3) is 5.91 Å². The monoisotopic (exact) mass is 434 g/mol. The number of hydrogen-bond acceptors (Lipinski definition) is 1. The van der Waals surface area contributed by atoms with Gasteiger partial charge in [0.05, 0.1) is 5.69 Å². The molecule has 94 valence electrons. The van der Waals surface area contributed by atoms with Crippen LogP contribution in [0.25, 0.3) is 0 Å². The number of benzene rings is 1. The SMILES string of the molecule is Cn1cc(Br)cc1C(=O)Nc1c(Br)cccc1Br. The van der Waals surface area contributed by atoms with E-state index in [1.807, 2.05) is 31.4 Å². The minimum atomic E-state index is -0.157. The normalized spacial score (nSPS) is 10.4. The molecule has 0 fully saturated rings. The molecule has 0 saturated carbocycles. The van der Waals surface area contributed by atoms with Crippen LogP contribution >= 0.6 is 47.8 Å². The molecule has 2 rings (SSSR count). The summed E-state index contributed by atoms with van der Waals surface area (Å²) in [7, 11) is 1.83. The summed E-state index contributed by atoms with van der Waals surface area (Å²) in [5, 5.41) is 2.87. The van der Waals surface area contributed by atoms with Crippen LogP contribution in [-0.4, -0.2) is 10.5 Å². The number of carbonyl (C=O) groups is 1. The lowest BCUT2D eigenvalue weighted by molar-refractivity contribution is 0.101. The summed E-state index contributed by atoms with van der Waals surface area (Å²) >= 11 is 10.2. The van der Waals surface area contributed by atoms with Gasteiger partial charge in [0.15, 0.2) is 0 Å². The Morgan fingerprint density at radius 3 is 2.33 bits per heavy atom. The highest BCUT2D eigenvalue weighted by molar-refractivity contribution is 9.11. The van der Waals surface area contributed by atoms with Gasteiger partial charge in [-0.1, -0.05) is 6.07 Å². The van der Waals surface area contributed by atoms with E-state index in [1.54, 1.807) is 10.6 Å². The summed E-state index contributed by atoms with van der Waals surface area (Å²) in [6.45, 7) is 0. The average Bonchev–Trinajstić information content (AvgIpc) is 2.63. The smallest absolute Gasteiger partial charge is 0.272 e. The number of aryl methyl sites for hydroxylation is 1. The third-order valence-electron chi connectivity index (χ3n) is 2.41. The second kappa shape index (κ2) is 5.59. The van der Waals surface area contributed by atoms with E-state index in [0.717, 1.165) is 19.1 Å². The zero-order valence-electron chi connectivity index (χ0n) is 9.38. The topological polar surface area (TPSA) is 34.0 Å². The molecule has 0 aliphatic heterocycles. The van der Waals surface area contributed by atoms with E-state index < -0.39 is 0 Å². The molecule has 0 aliphatic rings. The first-order chi connectivity index (χ1) is 8.49. The Labute approximate surface area is 130 Å². The summed E-state index contributed by atoms with van der Waals surface area (Å²) in [4.78, 5) is 12.2. The highest BCUT2D eigenvalue weighted by atomic mass is 79.9. The van der Waals surface area contributed by atoms with Gasteiger partial charge in [-0.05, 0) is 66.0 Å². The highest BCUT2D eigenvalue weighted by Gasteiger charge is 2.14. The Balaban J connectivity index is 2.30. The maximum atomic E-state index is 12.2. The first-order valence-electron chi connectivity index (χ1n) is 5.06. The van der Waals surface area contributed by atoms with E-state index in [0.29, 0.717) is 5.69 Å². The van der Waals surface area contributed by atoms with Crippen molar-refractivity contribution in [3.63, 3.8) is 0 Å². The lowest BCUT2D eigenvalue weighted by Gasteiger charge is -2.09. The summed E-state index contributed by atoms with van der Waals surface area (Å²) < 4.78 is 4.31. The number of anilines is 1. The molecule has 0 radical (unpaired) electrons. The van der Waals surface area contributed by atoms with Crippen LogP contribution in [-0.2, 0) is 7.05 Å². The first-order valence-corrected chi connectivity index (χ1v) is 7.44. The number of carbonyl (C=O) groups excluding carboxylic acids is 1. The van der Waals surface area contributed by atoms with Gasteiger partial charge in [-0.3, -0.25) is 4.79 Å². The molecule has 1 heterocycles. The third-order valence-corrected chi connectivity index (χ3v) is 4.16. The number of rotatable bonds is 2. The van der Waals surface area contributed by atoms with Crippen molar-refractivity contribution < 1.29 is 4.79 Å². The van der Waals surface area contributed by atoms with Gasteiger partial charge in [0.2, 0.25) is 0 Å². The van der Waals surface area contributed by atoms with E-state index in [-0.39, 0.29) is 5.91 Å². The van der Waals surface area contributed by atoms with Crippen LogP contribution in [0.15, 0.2) is 43.9 Å². The molecular formula is C12H9Br3N2O. The van der Waals surface area contributed by atoms with Crippen LogP contribution in [0.1, 0.15) is 10.5 Å². The van der Waals surface area contributed by atoms with Gasteiger partial charge in [-0.25, -0.2) is 0 Å². The molecule has 1 N–H and O–H groups in total. The summed E-state index contributed by atoms with van der Waals surface area (Å²) in [5.41, 5.74) is 1.31. The van der Waals surface area contributed by atoms with Gasteiger partial charge in [0.1, 0.15) is 5.69 Å². The molecule has 0 saturated heterocycles. The standard InChI is InChI=1S/C12H9Br3N2O/c1-17-6-7(13)5-10(17)12(18)16-11-8(14)3-2-4-9(11)15/h2-6H,1H3,(H,16,18). The van der Waals surface area contributed by atoms with Gasteiger partial charge < -0.3 is 9.88 Å². The van der Waals surface area contributed by atoms with E-state index in [1.165, 1.54) is 0 Å². The van der Waals surface area contributed by atoms with Crippen molar-refractivity contribution in [3.05, 3.63) is 49.6 Å². The molecule has 18 heavy (non-hydrogen) atoms. The Hall–Kier alpha value is -0.590. The van der Waals surface area contributed by atoms with Crippen molar-refractivity contribution in [2.24, 2.45) is 7.05 Å². The van der Waals surface area contributed by atoms with Crippen LogP contribution in [0.5, 0.6) is 0 Å². The number of amides is 1. The van der Waals surface area contributed by atoms with Crippen LogP contribution in [0.3, 0.4) is 0 Å². The van der Waals surface area contributed by atoms with Crippen LogP contribution in [0.4, 0.5) is 5.69 Å². The van der Waals surface area contributed by atoms with Gasteiger partial charge in [0, 0.05) is 26.7 Å². The maximum absolute atomic E-state index is 12.2. The Kier molecular flexibility index (Phi) is 4.29. The second-order valence-electron chi connectivity index (χ2n) is 3.71. The molecule has 0 aliphatic carbocycles. The van der Waals surface area contributed by atoms with Gasteiger partial charge in [-0.15, -0.1) is 0 Å². The molecule has 1 aromatic carbocycles. The minimum absolute atomic E-state index is 0.157. The quantitative estimate of drug-likeness (QED) is 0.735. The lowest BCUT2D eigenvalue weighted by Crippen LogP contribution is -2.15. The molecule has 0 spiro atoms. The number of nitrogens with zero attached hydrogens (tertiary/aromatic N) is 1. The van der Waals surface area contributed by atoms with Crippen LogP contribution in [0.2, 0.25) is 0 Å². The molecule has 3 nitrogen and oxygen atoms in total. The Morgan fingerprint density at radius 2 is 1.83 bits per heavy atom. The summed E-state index contributed by atoms with van der Waals surface area (Å²) in [6.07, 6.45) is 1.84.